The third-order valence-electron chi connectivity index (χ3n) is 2.15. The van der Waals surface area contributed by atoms with Crippen LogP contribution in [0, 0.1) is 0 Å². The van der Waals surface area contributed by atoms with Crippen LogP contribution in [0.1, 0.15) is 37.9 Å². The van der Waals surface area contributed by atoms with Gasteiger partial charge in [-0.05, 0) is 19.5 Å². The average molecular weight is 227 g/mol. The zero-order valence-electron chi connectivity index (χ0n) is 9.84. The molecular weight excluding hydrogens is 206 g/mol. The minimum absolute atomic E-state index is 0.159. The Morgan fingerprint density at radius 3 is 2.73 bits per heavy atom. The molecule has 4 heteroatoms. The van der Waals surface area contributed by atoms with Gasteiger partial charge in [-0.3, -0.25) is 0 Å². The number of aromatic nitrogens is 1. The SMILES string of the molecule is CC(C)(C)c1csc(CNCCCN)n1. The summed E-state index contributed by atoms with van der Waals surface area (Å²) in [7, 11) is 0. The van der Waals surface area contributed by atoms with Gasteiger partial charge in [0.2, 0.25) is 0 Å². The molecule has 0 saturated heterocycles. The van der Waals surface area contributed by atoms with Crippen LogP contribution < -0.4 is 11.1 Å². The summed E-state index contributed by atoms with van der Waals surface area (Å²) < 4.78 is 0. The molecule has 0 aliphatic rings. The van der Waals surface area contributed by atoms with Crippen molar-refractivity contribution in [1.29, 1.82) is 0 Å². The molecule has 1 rings (SSSR count). The Morgan fingerprint density at radius 2 is 2.20 bits per heavy atom. The molecule has 0 bridgehead atoms. The molecular formula is C11H21N3S. The zero-order valence-corrected chi connectivity index (χ0v) is 10.7. The monoisotopic (exact) mass is 227 g/mol. The van der Waals surface area contributed by atoms with Gasteiger partial charge < -0.3 is 11.1 Å². The lowest BCUT2D eigenvalue weighted by molar-refractivity contribution is 0.567. The molecule has 15 heavy (non-hydrogen) atoms. The molecule has 0 saturated carbocycles. The van der Waals surface area contributed by atoms with Crippen LogP contribution in [0.5, 0.6) is 0 Å². The Hall–Kier alpha value is -0.450. The van der Waals surface area contributed by atoms with E-state index in [0.29, 0.717) is 0 Å². The number of hydrogen-bond donors (Lipinski definition) is 2. The highest BCUT2D eigenvalue weighted by Gasteiger charge is 2.16. The molecule has 0 aliphatic carbocycles. The van der Waals surface area contributed by atoms with Crippen molar-refractivity contribution in [2.45, 2.75) is 39.2 Å². The van der Waals surface area contributed by atoms with Gasteiger partial charge in [-0.2, -0.15) is 0 Å². The number of nitrogens with one attached hydrogen (secondary N) is 1. The Bertz CT molecular complexity index is 288. The third kappa shape index (κ3) is 4.28. The maximum absolute atomic E-state index is 5.42. The van der Waals surface area contributed by atoms with Gasteiger partial charge in [0.1, 0.15) is 5.01 Å². The van der Waals surface area contributed by atoms with Gasteiger partial charge in [0.05, 0.1) is 5.69 Å². The van der Waals surface area contributed by atoms with Crippen molar-refractivity contribution < 1.29 is 0 Å². The van der Waals surface area contributed by atoms with E-state index < -0.39 is 0 Å². The molecule has 1 aromatic heterocycles. The lowest BCUT2D eigenvalue weighted by atomic mass is 9.93. The van der Waals surface area contributed by atoms with Crippen molar-refractivity contribution in [3.63, 3.8) is 0 Å². The van der Waals surface area contributed by atoms with Crippen LogP contribution in [-0.2, 0) is 12.0 Å². The predicted molar refractivity (Wildman–Crippen MR) is 66.2 cm³/mol. The third-order valence-corrected chi connectivity index (χ3v) is 3.00. The molecule has 3 N–H and O–H groups in total. The molecule has 1 heterocycles. The summed E-state index contributed by atoms with van der Waals surface area (Å²) in [4.78, 5) is 4.60. The van der Waals surface area contributed by atoms with E-state index in [2.05, 4.69) is 36.5 Å². The first-order valence-corrected chi connectivity index (χ1v) is 6.27. The quantitative estimate of drug-likeness (QED) is 0.755. The first-order chi connectivity index (χ1) is 7.04. The van der Waals surface area contributed by atoms with Crippen molar-refractivity contribution in [1.82, 2.24) is 10.3 Å². The molecule has 0 aliphatic heterocycles. The summed E-state index contributed by atoms with van der Waals surface area (Å²) >= 11 is 1.73. The molecule has 0 radical (unpaired) electrons. The normalized spacial score (nSPS) is 12.0. The van der Waals surface area contributed by atoms with Gasteiger partial charge in [-0.25, -0.2) is 4.98 Å². The van der Waals surface area contributed by atoms with Gasteiger partial charge in [0, 0.05) is 17.3 Å². The second kappa shape index (κ2) is 5.58. The van der Waals surface area contributed by atoms with E-state index >= 15 is 0 Å². The van der Waals surface area contributed by atoms with E-state index in [-0.39, 0.29) is 5.41 Å². The van der Waals surface area contributed by atoms with Gasteiger partial charge in [-0.1, -0.05) is 20.8 Å². The molecule has 0 amide bonds. The number of hydrogen-bond acceptors (Lipinski definition) is 4. The van der Waals surface area contributed by atoms with Gasteiger partial charge >= 0.3 is 0 Å². The van der Waals surface area contributed by atoms with E-state index in [1.807, 2.05) is 0 Å². The maximum atomic E-state index is 5.42. The highest BCUT2D eigenvalue weighted by atomic mass is 32.1. The zero-order chi connectivity index (χ0) is 11.3. The van der Waals surface area contributed by atoms with Crippen molar-refractivity contribution in [3.8, 4) is 0 Å². The fourth-order valence-electron chi connectivity index (χ4n) is 1.16. The number of rotatable bonds is 5. The molecule has 0 fully saturated rings. The summed E-state index contributed by atoms with van der Waals surface area (Å²) in [6.45, 7) is 9.15. The Kier molecular flexibility index (Phi) is 4.70. The van der Waals surface area contributed by atoms with E-state index in [4.69, 9.17) is 5.73 Å². The first kappa shape index (κ1) is 12.6. The predicted octanol–water partition coefficient (Wildman–Crippen LogP) is 1.88. The van der Waals surface area contributed by atoms with E-state index in [1.54, 1.807) is 11.3 Å². The highest BCUT2D eigenvalue weighted by Crippen LogP contribution is 2.23. The smallest absolute Gasteiger partial charge is 0.107 e. The van der Waals surface area contributed by atoms with Gasteiger partial charge in [0.15, 0.2) is 0 Å². The van der Waals surface area contributed by atoms with Crippen molar-refractivity contribution >= 4 is 11.3 Å². The lowest BCUT2D eigenvalue weighted by Gasteiger charge is -2.14. The summed E-state index contributed by atoms with van der Waals surface area (Å²) in [5, 5.41) is 6.65. The Labute approximate surface area is 96.1 Å². The van der Waals surface area contributed by atoms with Crippen LogP contribution in [0.15, 0.2) is 5.38 Å². The first-order valence-electron chi connectivity index (χ1n) is 5.39. The van der Waals surface area contributed by atoms with Crippen LogP contribution >= 0.6 is 11.3 Å². The van der Waals surface area contributed by atoms with Crippen LogP contribution in [0.2, 0.25) is 0 Å². The average Bonchev–Trinajstić information content (AvgIpc) is 2.60. The topological polar surface area (TPSA) is 50.9 Å². The summed E-state index contributed by atoms with van der Waals surface area (Å²) in [5.74, 6) is 0. The molecule has 0 aromatic carbocycles. The van der Waals surface area contributed by atoms with Gasteiger partial charge in [0.25, 0.3) is 0 Å². The van der Waals surface area contributed by atoms with Crippen molar-refractivity contribution in [2.75, 3.05) is 13.1 Å². The second-order valence-electron chi connectivity index (χ2n) is 4.70. The van der Waals surface area contributed by atoms with Crippen LogP contribution in [0.3, 0.4) is 0 Å². The molecule has 1 aromatic rings. The van der Waals surface area contributed by atoms with Gasteiger partial charge in [-0.15, -0.1) is 11.3 Å². The van der Waals surface area contributed by atoms with Crippen LogP contribution in [0.4, 0.5) is 0 Å². The molecule has 0 atom stereocenters. The summed E-state index contributed by atoms with van der Waals surface area (Å²) in [6, 6.07) is 0. The largest absolute Gasteiger partial charge is 0.330 e. The van der Waals surface area contributed by atoms with Crippen LogP contribution in [-0.4, -0.2) is 18.1 Å². The maximum Gasteiger partial charge on any atom is 0.107 e. The minimum atomic E-state index is 0.159. The van der Waals surface area contributed by atoms with E-state index in [1.165, 1.54) is 5.69 Å². The lowest BCUT2D eigenvalue weighted by Crippen LogP contribution is -2.18. The standard InChI is InChI=1S/C11H21N3S/c1-11(2,3)9-8-15-10(14-9)7-13-6-4-5-12/h8,13H,4-7,12H2,1-3H3. The van der Waals surface area contributed by atoms with E-state index in [9.17, 15) is 0 Å². The highest BCUT2D eigenvalue weighted by molar-refractivity contribution is 7.09. The number of nitrogens with two attached hydrogens (primary N) is 1. The van der Waals surface area contributed by atoms with E-state index in [0.717, 1.165) is 31.1 Å². The summed E-state index contributed by atoms with van der Waals surface area (Å²) in [5.41, 5.74) is 6.76. The number of thiazole rings is 1. The second-order valence-corrected chi connectivity index (χ2v) is 5.64. The van der Waals surface area contributed by atoms with Crippen molar-refractivity contribution in [2.24, 2.45) is 5.73 Å². The molecule has 0 unspecified atom stereocenters. The Balaban J connectivity index is 2.40. The fourth-order valence-corrected chi connectivity index (χ4v) is 2.15. The molecule has 86 valence electrons. The Morgan fingerprint density at radius 1 is 1.47 bits per heavy atom. The van der Waals surface area contributed by atoms with Crippen molar-refractivity contribution in [3.05, 3.63) is 16.1 Å². The minimum Gasteiger partial charge on any atom is -0.330 e. The van der Waals surface area contributed by atoms with Crippen LogP contribution in [0.25, 0.3) is 0 Å². The summed E-state index contributed by atoms with van der Waals surface area (Å²) in [6.07, 6.45) is 1.03. The number of nitrogens with zero attached hydrogens (tertiary/aromatic N) is 1. The fraction of sp³-hybridized carbons (Fsp3) is 0.727. The molecule has 0 spiro atoms. The molecule has 3 nitrogen and oxygen atoms in total.